The van der Waals surface area contributed by atoms with E-state index in [1.807, 2.05) is 0 Å². The molecule has 0 bridgehead atoms. The second-order valence-corrected chi connectivity index (χ2v) is 6.86. The average Bonchev–Trinajstić information content (AvgIpc) is 2.99. The summed E-state index contributed by atoms with van der Waals surface area (Å²) in [6, 6.07) is 8.31. The number of amides is 1. The van der Waals surface area contributed by atoms with Crippen LogP contribution in [0.2, 0.25) is 5.15 Å². The Morgan fingerprint density at radius 3 is 2.74 bits per heavy atom. The summed E-state index contributed by atoms with van der Waals surface area (Å²) in [6.45, 7) is 0.158. The smallest absolute Gasteiger partial charge is 0.404 e. The molecule has 0 unspecified atom stereocenters. The van der Waals surface area contributed by atoms with Gasteiger partial charge in [-0.2, -0.15) is 5.10 Å². The summed E-state index contributed by atoms with van der Waals surface area (Å²) in [7, 11) is 0. The Bertz CT molecular complexity index is 966. The standard InChI is InChI=1S/C17H13ClF2N4O2S/c18-15-4-2-12(9-22-15)27-16-8-11(5-6-21-17(25)26)23-24(16)14-3-1-10(19)7-13(14)20/h1-4,7-9,21H,5-6H2,(H,25,26). The third-order valence-corrected chi connectivity index (χ3v) is 4.65. The average molecular weight is 411 g/mol. The first-order chi connectivity index (χ1) is 12.9. The van der Waals surface area contributed by atoms with E-state index in [2.05, 4.69) is 15.4 Å². The highest BCUT2D eigenvalue weighted by Crippen LogP contribution is 2.31. The van der Waals surface area contributed by atoms with Crippen molar-refractivity contribution in [3.05, 3.63) is 65.1 Å². The predicted octanol–water partition coefficient (Wildman–Crippen LogP) is 4.16. The van der Waals surface area contributed by atoms with E-state index in [1.165, 1.54) is 22.5 Å². The minimum Gasteiger partial charge on any atom is -0.465 e. The van der Waals surface area contributed by atoms with Gasteiger partial charge in [-0.1, -0.05) is 23.4 Å². The minimum atomic E-state index is -1.14. The molecule has 6 nitrogen and oxygen atoms in total. The molecule has 10 heteroatoms. The van der Waals surface area contributed by atoms with Crippen LogP contribution in [-0.4, -0.2) is 32.5 Å². The van der Waals surface area contributed by atoms with Gasteiger partial charge in [0.05, 0.1) is 5.69 Å². The molecule has 2 N–H and O–H groups in total. The van der Waals surface area contributed by atoms with E-state index in [-0.39, 0.29) is 12.2 Å². The van der Waals surface area contributed by atoms with E-state index >= 15 is 0 Å². The van der Waals surface area contributed by atoms with Crippen LogP contribution < -0.4 is 5.32 Å². The van der Waals surface area contributed by atoms with Crippen molar-refractivity contribution >= 4 is 29.5 Å². The lowest BCUT2D eigenvalue weighted by Crippen LogP contribution is -2.23. The first-order valence-corrected chi connectivity index (χ1v) is 8.92. The van der Waals surface area contributed by atoms with Crippen LogP contribution in [0.3, 0.4) is 0 Å². The number of pyridine rings is 1. The van der Waals surface area contributed by atoms with Crippen LogP contribution in [0.1, 0.15) is 5.69 Å². The zero-order valence-corrected chi connectivity index (χ0v) is 15.3. The molecular weight excluding hydrogens is 398 g/mol. The normalized spacial score (nSPS) is 10.8. The fourth-order valence-electron chi connectivity index (χ4n) is 2.27. The molecular formula is C17H13ClF2N4O2S. The van der Waals surface area contributed by atoms with Crippen LogP contribution in [0.5, 0.6) is 0 Å². The quantitative estimate of drug-likeness (QED) is 0.596. The molecule has 0 aliphatic rings. The number of hydrogen-bond acceptors (Lipinski definition) is 4. The maximum Gasteiger partial charge on any atom is 0.404 e. The highest BCUT2D eigenvalue weighted by atomic mass is 35.5. The van der Waals surface area contributed by atoms with Crippen LogP contribution in [0, 0.1) is 11.6 Å². The molecule has 1 aromatic carbocycles. The second kappa shape index (κ2) is 8.36. The van der Waals surface area contributed by atoms with Gasteiger partial charge < -0.3 is 10.4 Å². The van der Waals surface area contributed by atoms with E-state index in [9.17, 15) is 13.6 Å². The number of carbonyl (C=O) groups is 1. The molecule has 27 heavy (non-hydrogen) atoms. The Morgan fingerprint density at radius 1 is 1.26 bits per heavy atom. The highest BCUT2D eigenvalue weighted by molar-refractivity contribution is 7.99. The summed E-state index contributed by atoms with van der Waals surface area (Å²) in [5.74, 6) is -1.45. The lowest BCUT2D eigenvalue weighted by Gasteiger charge is -2.08. The Balaban J connectivity index is 1.94. The van der Waals surface area contributed by atoms with Gasteiger partial charge in [-0.3, -0.25) is 0 Å². The topological polar surface area (TPSA) is 80.0 Å². The maximum absolute atomic E-state index is 14.2. The monoisotopic (exact) mass is 410 g/mol. The summed E-state index contributed by atoms with van der Waals surface area (Å²) < 4.78 is 28.8. The SMILES string of the molecule is O=C(O)NCCc1cc(Sc2ccc(Cl)nc2)n(-c2ccc(F)cc2F)n1. The fraction of sp³-hybridized carbons (Fsp3) is 0.118. The van der Waals surface area contributed by atoms with Crippen molar-refractivity contribution in [2.24, 2.45) is 0 Å². The molecule has 0 radical (unpaired) electrons. The highest BCUT2D eigenvalue weighted by Gasteiger charge is 2.15. The van der Waals surface area contributed by atoms with Crippen molar-refractivity contribution < 1.29 is 18.7 Å². The molecule has 3 rings (SSSR count). The Hall–Kier alpha value is -2.65. The second-order valence-electron chi connectivity index (χ2n) is 5.38. The van der Waals surface area contributed by atoms with Crippen molar-refractivity contribution in [2.75, 3.05) is 6.54 Å². The molecule has 1 amide bonds. The summed E-state index contributed by atoms with van der Waals surface area (Å²) in [5.41, 5.74) is 0.634. The number of nitrogens with zero attached hydrogens (tertiary/aromatic N) is 3. The molecule has 2 aromatic heterocycles. The van der Waals surface area contributed by atoms with Gasteiger partial charge >= 0.3 is 6.09 Å². The first-order valence-electron chi connectivity index (χ1n) is 7.73. The fourth-order valence-corrected chi connectivity index (χ4v) is 3.29. The van der Waals surface area contributed by atoms with Gasteiger partial charge in [-0.15, -0.1) is 0 Å². The van der Waals surface area contributed by atoms with E-state index in [0.717, 1.165) is 17.0 Å². The van der Waals surface area contributed by atoms with Gasteiger partial charge in [0.1, 0.15) is 21.7 Å². The molecule has 0 atom stereocenters. The third kappa shape index (κ3) is 4.95. The molecule has 0 fully saturated rings. The van der Waals surface area contributed by atoms with E-state index in [1.54, 1.807) is 24.4 Å². The molecule has 0 saturated heterocycles. The molecule has 140 valence electrons. The Labute approximate surface area is 162 Å². The van der Waals surface area contributed by atoms with Crippen molar-refractivity contribution in [3.63, 3.8) is 0 Å². The number of aromatic nitrogens is 3. The predicted molar refractivity (Wildman–Crippen MR) is 96.6 cm³/mol. The van der Waals surface area contributed by atoms with Crippen LogP contribution >= 0.6 is 23.4 Å². The van der Waals surface area contributed by atoms with Crippen LogP contribution in [-0.2, 0) is 6.42 Å². The summed E-state index contributed by atoms with van der Waals surface area (Å²) in [5, 5.41) is 16.2. The van der Waals surface area contributed by atoms with Crippen LogP contribution in [0.4, 0.5) is 13.6 Å². The minimum absolute atomic E-state index is 0.0817. The zero-order valence-electron chi connectivity index (χ0n) is 13.7. The molecule has 0 aliphatic carbocycles. The first kappa shape index (κ1) is 19.1. The Kier molecular flexibility index (Phi) is 5.92. The Morgan fingerprint density at radius 2 is 2.07 bits per heavy atom. The number of carboxylic acid groups (broad SMARTS) is 1. The number of halogens is 3. The van der Waals surface area contributed by atoms with Gasteiger partial charge in [0, 0.05) is 30.1 Å². The zero-order chi connectivity index (χ0) is 19.4. The summed E-state index contributed by atoms with van der Waals surface area (Å²) >= 11 is 7.06. The van der Waals surface area contributed by atoms with Crippen LogP contribution in [0.25, 0.3) is 5.69 Å². The van der Waals surface area contributed by atoms with Gasteiger partial charge in [0.2, 0.25) is 0 Å². The van der Waals surface area contributed by atoms with Gasteiger partial charge in [-0.25, -0.2) is 23.2 Å². The maximum atomic E-state index is 14.2. The van der Waals surface area contributed by atoms with Gasteiger partial charge in [0.25, 0.3) is 0 Å². The van der Waals surface area contributed by atoms with Crippen molar-refractivity contribution in [1.29, 1.82) is 0 Å². The third-order valence-electron chi connectivity index (χ3n) is 3.45. The molecule has 0 aliphatic heterocycles. The van der Waals surface area contributed by atoms with E-state index < -0.39 is 17.7 Å². The summed E-state index contributed by atoms with van der Waals surface area (Å²) in [6.07, 6.45) is 0.742. The number of hydrogen-bond donors (Lipinski definition) is 2. The number of rotatable bonds is 6. The number of nitrogens with one attached hydrogen (secondary N) is 1. The lowest BCUT2D eigenvalue weighted by atomic mass is 10.3. The largest absolute Gasteiger partial charge is 0.465 e. The molecule has 2 heterocycles. The van der Waals surface area contributed by atoms with Gasteiger partial charge in [-0.05, 0) is 30.3 Å². The van der Waals surface area contributed by atoms with Gasteiger partial charge in [0.15, 0.2) is 5.82 Å². The number of benzene rings is 1. The van der Waals surface area contributed by atoms with Crippen LogP contribution in [0.15, 0.2) is 52.5 Å². The molecule has 0 spiro atoms. The van der Waals surface area contributed by atoms with E-state index in [0.29, 0.717) is 22.3 Å². The molecule has 0 saturated carbocycles. The van der Waals surface area contributed by atoms with Crippen molar-refractivity contribution in [3.8, 4) is 5.69 Å². The van der Waals surface area contributed by atoms with Crippen molar-refractivity contribution in [1.82, 2.24) is 20.1 Å². The van der Waals surface area contributed by atoms with Crippen molar-refractivity contribution in [2.45, 2.75) is 16.3 Å². The lowest BCUT2D eigenvalue weighted by molar-refractivity contribution is 0.194. The summed E-state index contributed by atoms with van der Waals surface area (Å²) in [4.78, 5) is 15.3. The van der Waals surface area contributed by atoms with E-state index in [4.69, 9.17) is 16.7 Å². The molecule has 3 aromatic rings.